The number of nitrogens with zero attached hydrogens (tertiary/aromatic N) is 3. The summed E-state index contributed by atoms with van der Waals surface area (Å²) in [5, 5.41) is 3.56. The van der Waals surface area contributed by atoms with E-state index in [1.54, 1.807) is 0 Å². The minimum absolute atomic E-state index is 0.190. The summed E-state index contributed by atoms with van der Waals surface area (Å²) in [4.78, 5) is -0.240. The van der Waals surface area contributed by atoms with E-state index in [4.69, 9.17) is 0 Å². The van der Waals surface area contributed by atoms with Crippen LogP contribution in [0.5, 0.6) is 0 Å². The van der Waals surface area contributed by atoms with Gasteiger partial charge < -0.3 is 0 Å². The molecule has 0 spiro atoms. The summed E-state index contributed by atoms with van der Waals surface area (Å²) in [5.74, 6) is -0.908. The number of nitrogens with one attached hydrogen (secondary N) is 1. The van der Waals surface area contributed by atoms with Gasteiger partial charge in [0.05, 0.1) is 21.3 Å². The monoisotopic (exact) mass is 440 g/mol. The van der Waals surface area contributed by atoms with Crippen molar-refractivity contribution in [1.29, 1.82) is 0 Å². The number of anilines is 1. The fourth-order valence-corrected chi connectivity index (χ4v) is 5.01. The molecule has 0 radical (unpaired) electrons. The Morgan fingerprint density at radius 2 is 1.88 bits per heavy atom. The van der Waals surface area contributed by atoms with Gasteiger partial charge in [-0.2, -0.15) is 13.5 Å². The van der Waals surface area contributed by atoms with Crippen LogP contribution in [-0.4, -0.2) is 45.0 Å². The Kier molecular flexibility index (Phi) is 5.04. The molecule has 0 saturated heterocycles. The zero-order chi connectivity index (χ0) is 18.3. The molecule has 2 rings (SSSR count). The molecular formula is C12H14BrFN4O4S2. The van der Waals surface area contributed by atoms with Gasteiger partial charge in [0.15, 0.2) is 5.03 Å². The maximum absolute atomic E-state index is 14.0. The van der Waals surface area contributed by atoms with Gasteiger partial charge in [-0.15, -0.1) is 0 Å². The highest BCUT2D eigenvalue weighted by atomic mass is 79.9. The van der Waals surface area contributed by atoms with Crippen molar-refractivity contribution in [3.63, 3.8) is 0 Å². The third-order valence-electron chi connectivity index (χ3n) is 3.06. The van der Waals surface area contributed by atoms with E-state index in [-0.39, 0.29) is 14.4 Å². The van der Waals surface area contributed by atoms with Crippen molar-refractivity contribution in [1.82, 2.24) is 14.1 Å². The van der Waals surface area contributed by atoms with E-state index in [0.29, 0.717) is 0 Å². The van der Waals surface area contributed by atoms with Gasteiger partial charge in [-0.25, -0.2) is 17.1 Å². The van der Waals surface area contributed by atoms with Crippen molar-refractivity contribution in [2.75, 3.05) is 18.8 Å². The molecule has 0 fully saturated rings. The third kappa shape index (κ3) is 3.45. The average molecular weight is 441 g/mol. The summed E-state index contributed by atoms with van der Waals surface area (Å²) in [5.41, 5.74) is -0.481. The molecule has 0 atom stereocenters. The fraction of sp³-hybridized carbons (Fsp3) is 0.250. The molecule has 0 aliphatic carbocycles. The highest BCUT2D eigenvalue weighted by molar-refractivity contribution is 9.10. The van der Waals surface area contributed by atoms with Gasteiger partial charge in [0.1, 0.15) is 5.82 Å². The zero-order valence-electron chi connectivity index (χ0n) is 12.9. The van der Waals surface area contributed by atoms with Crippen LogP contribution in [0.15, 0.2) is 38.8 Å². The summed E-state index contributed by atoms with van der Waals surface area (Å²) >= 11 is 3.05. The van der Waals surface area contributed by atoms with Crippen molar-refractivity contribution in [2.24, 2.45) is 7.05 Å². The lowest BCUT2D eigenvalue weighted by Crippen LogP contribution is -2.23. The summed E-state index contributed by atoms with van der Waals surface area (Å²) in [6.07, 6.45) is 1.28. The Hall–Kier alpha value is -1.50. The van der Waals surface area contributed by atoms with E-state index in [1.807, 2.05) is 4.72 Å². The van der Waals surface area contributed by atoms with E-state index in [1.165, 1.54) is 27.3 Å². The van der Waals surface area contributed by atoms with E-state index in [9.17, 15) is 21.2 Å². The van der Waals surface area contributed by atoms with E-state index in [0.717, 1.165) is 27.2 Å². The molecule has 0 unspecified atom stereocenters. The molecule has 24 heavy (non-hydrogen) atoms. The number of benzene rings is 1. The Morgan fingerprint density at radius 3 is 2.38 bits per heavy atom. The van der Waals surface area contributed by atoms with Crippen molar-refractivity contribution < 1.29 is 21.2 Å². The van der Waals surface area contributed by atoms with Gasteiger partial charge in [0.25, 0.3) is 10.0 Å². The van der Waals surface area contributed by atoms with Crippen LogP contribution in [0.25, 0.3) is 0 Å². The molecule has 12 heteroatoms. The number of sulfonamides is 2. The maximum atomic E-state index is 14.0. The molecule has 0 aliphatic heterocycles. The van der Waals surface area contributed by atoms with Gasteiger partial charge >= 0.3 is 0 Å². The second kappa shape index (κ2) is 6.43. The predicted octanol–water partition coefficient (Wildman–Crippen LogP) is 1.37. The second-order valence-electron chi connectivity index (χ2n) is 4.96. The minimum Gasteiger partial charge on any atom is -0.275 e. The number of aromatic nitrogens is 2. The Labute approximate surface area is 147 Å². The SMILES string of the molecule is CN(C)S(=O)(=O)c1ccc(F)c(NS(=O)(=O)c2c(Br)cnn2C)c1. The Balaban J connectivity index is 2.51. The minimum atomic E-state index is -4.18. The van der Waals surface area contributed by atoms with Crippen LogP contribution in [0.1, 0.15) is 0 Å². The van der Waals surface area contributed by atoms with Crippen LogP contribution >= 0.6 is 15.9 Å². The van der Waals surface area contributed by atoms with Crippen molar-refractivity contribution in [3.05, 3.63) is 34.7 Å². The van der Waals surface area contributed by atoms with E-state index >= 15 is 0 Å². The largest absolute Gasteiger partial charge is 0.280 e. The van der Waals surface area contributed by atoms with Crippen LogP contribution in [0, 0.1) is 5.82 Å². The number of hydrogen-bond acceptors (Lipinski definition) is 5. The first-order valence-electron chi connectivity index (χ1n) is 6.39. The fourth-order valence-electron chi connectivity index (χ4n) is 1.85. The standard InChI is InChI=1S/C12H14BrFN4O4S2/c1-17(2)24(21,22)8-4-5-10(14)11(6-8)16-23(19,20)12-9(13)7-15-18(12)3/h4-7,16H,1-3H3. The van der Waals surface area contributed by atoms with Gasteiger partial charge in [-0.05, 0) is 34.1 Å². The molecule has 8 nitrogen and oxygen atoms in total. The lowest BCUT2D eigenvalue weighted by molar-refractivity contribution is 0.520. The molecule has 0 amide bonds. The quantitative estimate of drug-likeness (QED) is 0.756. The van der Waals surface area contributed by atoms with Crippen molar-refractivity contribution in [2.45, 2.75) is 9.92 Å². The van der Waals surface area contributed by atoms with Crippen LogP contribution in [-0.2, 0) is 27.1 Å². The summed E-state index contributed by atoms with van der Waals surface area (Å²) < 4.78 is 67.3. The normalized spacial score (nSPS) is 12.6. The van der Waals surface area contributed by atoms with Gasteiger partial charge in [0, 0.05) is 21.1 Å². The predicted molar refractivity (Wildman–Crippen MR) is 89.0 cm³/mol. The van der Waals surface area contributed by atoms with Crippen molar-refractivity contribution >= 4 is 41.7 Å². The first-order chi connectivity index (χ1) is 11.0. The number of rotatable bonds is 5. The molecule has 1 aromatic heterocycles. The van der Waals surface area contributed by atoms with Gasteiger partial charge in [-0.1, -0.05) is 0 Å². The first kappa shape index (κ1) is 18.8. The van der Waals surface area contributed by atoms with Gasteiger partial charge in [-0.3, -0.25) is 9.40 Å². The Bertz CT molecular complexity index is 967. The zero-order valence-corrected chi connectivity index (χ0v) is 16.1. The van der Waals surface area contributed by atoms with E-state index < -0.39 is 31.6 Å². The topological polar surface area (TPSA) is 101 Å². The molecule has 1 N–H and O–H groups in total. The molecule has 1 heterocycles. The van der Waals surface area contributed by atoms with E-state index in [2.05, 4.69) is 21.0 Å². The molecule has 0 aliphatic rings. The number of halogens is 2. The molecule has 0 saturated carbocycles. The third-order valence-corrected chi connectivity index (χ3v) is 7.19. The highest BCUT2D eigenvalue weighted by Crippen LogP contribution is 2.26. The van der Waals surface area contributed by atoms with Crippen LogP contribution in [0.2, 0.25) is 0 Å². The number of hydrogen-bond donors (Lipinski definition) is 1. The summed E-state index contributed by atoms with van der Waals surface area (Å²) in [6, 6.07) is 2.86. The first-order valence-corrected chi connectivity index (χ1v) is 10.1. The molecule has 0 bridgehead atoms. The van der Waals surface area contributed by atoms with Crippen LogP contribution in [0.4, 0.5) is 10.1 Å². The second-order valence-corrected chi connectivity index (χ2v) is 9.56. The maximum Gasteiger partial charge on any atom is 0.280 e. The number of aryl methyl sites for hydroxylation is 1. The van der Waals surface area contributed by atoms with Crippen LogP contribution < -0.4 is 4.72 Å². The molecule has 132 valence electrons. The summed E-state index contributed by atoms with van der Waals surface area (Å²) in [6.45, 7) is 0. The lowest BCUT2D eigenvalue weighted by Gasteiger charge is -2.14. The molecule has 2 aromatic rings. The van der Waals surface area contributed by atoms with Gasteiger partial charge in [0.2, 0.25) is 10.0 Å². The Morgan fingerprint density at radius 1 is 1.25 bits per heavy atom. The highest BCUT2D eigenvalue weighted by Gasteiger charge is 2.25. The molecule has 1 aromatic carbocycles. The summed E-state index contributed by atoms with van der Waals surface area (Å²) in [7, 11) is -3.98. The average Bonchev–Trinajstić information content (AvgIpc) is 2.80. The smallest absolute Gasteiger partial charge is 0.275 e. The lowest BCUT2D eigenvalue weighted by atomic mass is 10.3. The molecular weight excluding hydrogens is 427 g/mol. The van der Waals surface area contributed by atoms with Crippen molar-refractivity contribution in [3.8, 4) is 0 Å². The van der Waals surface area contributed by atoms with Crippen LogP contribution in [0.3, 0.4) is 0 Å².